The molecule has 0 aliphatic carbocycles. The number of hydrogen-bond acceptors (Lipinski definition) is 6. The van der Waals surface area contributed by atoms with Crippen LogP contribution in [0.3, 0.4) is 0 Å². The molecule has 0 bridgehead atoms. The maximum absolute atomic E-state index is 13.4. The van der Waals surface area contributed by atoms with Gasteiger partial charge in [0.2, 0.25) is 10.0 Å². The Morgan fingerprint density at radius 3 is 2.69 bits per heavy atom. The highest BCUT2D eigenvalue weighted by Crippen LogP contribution is 2.36. The predicted molar refractivity (Wildman–Crippen MR) is 112 cm³/mol. The van der Waals surface area contributed by atoms with Crippen molar-refractivity contribution in [1.29, 1.82) is 0 Å². The van der Waals surface area contributed by atoms with Gasteiger partial charge in [0, 0.05) is 43.0 Å². The number of aliphatic hydroxyl groups excluding tert-OH is 1. The second kappa shape index (κ2) is 8.79. The molecule has 0 radical (unpaired) electrons. The highest BCUT2D eigenvalue weighted by Gasteiger charge is 2.37. The SMILES string of the molecule is C[C@@H]1CN([C@H](C)CO)S(=O)(=O)c2ccc(-c3cccnc3)cc2O[C@H]1CN(C)C. The predicted octanol–water partition coefficient (Wildman–Crippen LogP) is 2.08. The number of fused-ring (bicyclic) bond motifs is 1. The molecule has 1 aliphatic heterocycles. The zero-order valence-electron chi connectivity index (χ0n) is 17.3. The molecule has 2 heterocycles. The Balaban J connectivity index is 2.14. The zero-order valence-corrected chi connectivity index (χ0v) is 18.1. The minimum absolute atomic E-state index is 0.0589. The van der Waals surface area contributed by atoms with Crippen molar-refractivity contribution in [3.8, 4) is 16.9 Å². The molecule has 1 N–H and O–H groups in total. The standard InChI is InChI=1S/C21H29N3O4S/c1-15-12-24(16(2)14-25)29(26,27)21-8-7-17(18-6-5-9-22-11-18)10-19(21)28-20(15)13-23(3)4/h5-11,15-16,20,25H,12-14H2,1-4H3/t15-,16-,20+/m1/s1. The van der Waals surface area contributed by atoms with Gasteiger partial charge in [-0.3, -0.25) is 4.98 Å². The molecule has 0 spiro atoms. The average Bonchev–Trinajstić information content (AvgIpc) is 2.70. The summed E-state index contributed by atoms with van der Waals surface area (Å²) in [6, 6.07) is 8.37. The first-order valence-corrected chi connectivity index (χ1v) is 11.2. The molecule has 7 nitrogen and oxygen atoms in total. The van der Waals surface area contributed by atoms with Gasteiger partial charge in [-0.25, -0.2) is 8.42 Å². The first-order chi connectivity index (χ1) is 13.7. The minimum Gasteiger partial charge on any atom is -0.487 e. The van der Waals surface area contributed by atoms with Gasteiger partial charge in [0.1, 0.15) is 16.7 Å². The van der Waals surface area contributed by atoms with Crippen molar-refractivity contribution in [2.24, 2.45) is 5.92 Å². The largest absolute Gasteiger partial charge is 0.487 e. The smallest absolute Gasteiger partial charge is 0.247 e. The van der Waals surface area contributed by atoms with Crippen LogP contribution >= 0.6 is 0 Å². The van der Waals surface area contributed by atoms with E-state index in [2.05, 4.69) is 4.98 Å². The van der Waals surface area contributed by atoms with Gasteiger partial charge in [-0.2, -0.15) is 4.31 Å². The molecule has 3 rings (SSSR count). The third-order valence-electron chi connectivity index (χ3n) is 5.21. The number of rotatable bonds is 5. The maximum atomic E-state index is 13.4. The van der Waals surface area contributed by atoms with Gasteiger partial charge in [0.05, 0.1) is 6.61 Å². The van der Waals surface area contributed by atoms with Gasteiger partial charge in [0.15, 0.2) is 0 Å². The zero-order chi connectivity index (χ0) is 21.2. The number of aromatic nitrogens is 1. The van der Waals surface area contributed by atoms with Crippen LogP contribution in [0, 0.1) is 5.92 Å². The highest BCUT2D eigenvalue weighted by molar-refractivity contribution is 7.89. The van der Waals surface area contributed by atoms with Crippen LogP contribution in [0.25, 0.3) is 11.1 Å². The quantitative estimate of drug-likeness (QED) is 0.799. The van der Waals surface area contributed by atoms with E-state index in [0.717, 1.165) is 11.1 Å². The minimum atomic E-state index is -3.82. The Labute approximate surface area is 173 Å². The molecule has 158 valence electrons. The van der Waals surface area contributed by atoms with Gasteiger partial charge in [-0.05, 0) is 44.8 Å². The Kier molecular flexibility index (Phi) is 6.58. The summed E-state index contributed by atoms with van der Waals surface area (Å²) >= 11 is 0. The van der Waals surface area contributed by atoms with Crippen LogP contribution in [0.2, 0.25) is 0 Å². The van der Waals surface area contributed by atoms with E-state index < -0.39 is 16.1 Å². The van der Waals surface area contributed by atoms with Crippen molar-refractivity contribution in [2.75, 3.05) is 33.8 Å². The molecule has 0 saturated heterocycles. The van der Waals surface area contributed by atoms with E-state index in [9.17, 15) is 13.5 Å². The molecule has 3 atom stereocenters. The van der Waals surface area contributed by atoms with Gasteiger partial charge >= 0.3 is 0 Å². The summed E-state index contributed by atoms with van der Waals surface area (Å²) in [6.45, 7) is 4.40. The molecule has 8 heteroatoms. The van der Waals surface area contributed by atoms with Crippen molar-refractivity contribution >= 4 is 10.0 Å². The lowest BCUT2D eigenvalue weighted by molar-refractivity contribution is 0.0813. The number of ether oxygens (including phenoxy) is 1. The van der Waals surface area contributed by atoms with Gasteiger partial charge in [-0.15, -0.1) is 0 Å². The highest BCUT2D eigenvalue weighted by atomic mass is 32.2. The number of likely N-dealkylation sites (N-methyl/N-ethyl adjacent to an activating group) is 1. The third-order valence-corrected chi connectivity index (χ3v) is 7.23. The van der Waals surface area contributed by atoms with Crippen molar-refractivity contribution in [3.05, 3.63) is 42.7 Å². The monoisotopic (exact) mass is 419 g/mol. The molecule has 0 amide bonds. The normalized spacial score (nSPS) is 23.0. The van der Waals surface area contributed by atoms with Crippen LogP contribution in [0.4, 0.5) is 0 Å². The summed E-state index contributed by atoms with van der Waals surface area (Å²) in [7, 11) is 0.111. The molecule has 0 saturated carbocycles. The van der Waals surface area contributed by atoms with Gasteiger partial charge in [0.25, 0.3) is 0 Å². The van der Waals surface area contributed by atoms with Gasteiger partial charge < -0.3 is 14.7 Å². The summed E-state index contributed by atoms with van der Waals surface area (Å²) in [6.07, 6.45) is 3.23. The van der Waals surface area contributed by atoms with Gasteiger partial charge in [-0.1, -0.05) is 19.1 Å². The van der Waals surface area contributed by atoms with E-state index in [1.807, 2.05) is 38.1 Å². The molecule has 1 aliphatic rings. The lowest BCUT2D eigenvalue weighted by Crippen LogP contribution is -2.49. The molecular weight excluding hydrogens is 390 g/mol. The van der Waals surface area contributed by atoms with Crippen LogP contribution in [0.1, 0.15) is 13.8 Å². The summed E-state index contributed by atoms with van der Waals surface area (Å²) in [5, 5.41) is 9.67. The second-order valence-corrected chi connectivity index (χ2v) is 9.76. The van der Waals surface area contributed by atoms with E-state index in [1.165, 1.54) is 4.31 Å². The summed E-state index contributed by atoms with van der Waals surface area (Å²) in [5.74, 6) is 0.274. The topological polar surface area (TPSA) is 83.0 Å². The molecule has 0 unspecified atom stereocenters. The van der Waals surface area contributed by atoms with E-state index >= 15 is 0 Å². The van der Waals surface area contributed by atoms with Crippen LogP contribution in [-0.4, -0.2) is 73.7 Å². The third kappa shape index (κ3) is 4.61. The Morgan fingerprint density at radius 2 is 2.07 bits per heavy atom. The van der Waals surface area contributed by atoms with Crippen LogP contribution in [0.5, 0.6) is 5.75 Å². The van der Waals surface area contributed by atoms with E-state index in [-0.39, 0.29) is 30.1 Å². The molecule has 1 aromatic heterocycles. The summed E-state index contributed by atoms with van der Waals surface area (Å²) < 4.78 is 34.5. The van der Waals surface area contributed by atoms with E-state index in [4.69, 9.17) is 4.74 Å². The Bertz CT molecular complexity index is 934. The Hall–Kier alpha value is -2.00. The number of sulfonamides is 1. The first-order valence-electron chi connectivity index (χ1n) is 9.72. The van der Waals surface area contributed by atoms with Crippen LogP contribution in [-0.2, 0) is 10.0 Å². The molecule has 1 aromatic carbocycles. The number of nitrogens with zero attached hydrogens (tertiary/aromatic N) is 3. The lowest BCUT2D eigenvalue weighted by atomic mass is 10.0. The van der Waals surface area contributed by atoms with Crippen molar-refractivity contribution in [2.45, 2.75) is 30.9 Å². The van der Waals surface area contributed by atoms with E-state index in [1.54, 1.807) is 37.5 Å². The van der Waals surface area contributed by atoms with E-state index in [0.29, 0.717) is 12.3 Å². The fourth-order valence-corrected chi connectivity index (χ4v) is 5.34. The van der Waals surface area contributed by atoms with Crippen LogP contribution in [0.15, 0.2) is 47.6 Å². The van der Waals surface area contributed by atoms with Crippen molar-refractivity contribution in [1.82, 2.24) is 14.2 Å². The average molecular weight is 420 g/mol. The fourth-order valence-electron chi connectivity index (χ4n) is 3.52. The van der Waals surface area contributed by atoms with Crippen LogP contribution < -0.4 is 4.74 Å². The first kappa shape index (κ1) is 21.7. The fraction of sp³-hybridized carbons (Fsp3) is 0.476. The lowest BCUT2D eigenvalue weighted by Gasteiger charge is -2.37. The summed E-state index contributed by atoms with van der Waals surface area (Å²) in [5.41, 5.74) is 1.72. The number of pyridine rings is 1. The number of aliphatic hydroxyl groups is 1. The molecule has 2 aromatic rings. The molecular formula is C21H29N3O4S. The molecule has 0 fully saturated rings. The number of benzene rings is 1. The van der Waals surface area contributed by atoms with Crippen molar-refractivity contribution < 1.29 is 18.3 Å². The summed E-state index contributed by atoms with van der Waals surface area (Å²) in [4.78, 5) is 6.30. The second-order valence-electron chi connectivity index (χ2n) is 7.91. The number of hydrogen-bond donors (Lipinski definition) is 1. The Morgan fingerprint density at radius 1 is 1.31 bits per heavy atom. The maximum Gasteiger partial charge on any atom is 0.247 e. The molecule has 29 heavy (non-hydrogen) atoms. The van der Waals surface area contributed by atoms with Crippen molar-refractivity contribution in [3.63, 3.8) is 0 Å².